The number of halogens is 1. The van der Waals surface area contributed by atoms with Crippen molar-refractivity contribution in [2.75, 3.05) is 26.1 Å². The van der Waals surface area contributed by atoms with E-state index in [9.17, 15) is 5.11 Å². The number of phenolic OH excluding ortho intramolecular Hbond substituents is 1. The highest BCUT2D eigenvalue weighted by Gasteiger charge is 2.59. The van der Waals surface area contributed by atoms with Crippen LogP contribution >= 0.6 is 0 Å². The van der Waals surface area contributed by atoms with E-state index in [4.69, 9.17) is 4.74 Å². The van der Waals surface area contributed by atoms with Gasteiger partial charge in [-0.25, -0.2) is 9.37 Å². The van der Waals surface area contributed by atoms with Gasteiger partial charge < -0.3 is 19.3 Å². The van der Waals surface area contributed by atoms with Crippen LogP contribution in [0.3, 0.4) is 0 Å². The Morgan fingerprint density at radius 2 is 2.06 bits per heavy atom. The van der Waals surface area contributed by atoms with Gasteiger partial charge in [0.25, 0.3) is 0 Å². The topological polar surface area (TPSA) is 79.5 Å². The molecular formula is C24H29FN6O2. The van der Waals surface area contributed by atoms with Crippen LogP contribution in [0.5, 0.6) is 5.75 Å². The van der Waals surface area contributed by atoms with Crippen LogP contribution in [0.15, 0.2) is 49.1 Å². The molecule has 0 amide bonds. The number of anilines is 1. The van der Waals surface area contributed by atoms with E-state index in [2.05, 4.69) is 20.1 Å². The van der Waals surface area contributed by atoms with E-state index in [1.165, 1.54) is 0 Å². The third kappa shape index (κ3) is 3.46. The predicted octanol–water partition coefficient (Wildman–Crippen LogP) is 3.06. The number of benzene rings is 1. The van der Waals surface area contributed by atoms with Gasteiger partial charge in [0, 0.05) is 44.2 Å². The molecule has 0 aliphatic carbocycles. The number of nitrogens with zero attached hydrogens (tertiary/aromatic N) is 6. The second kappa shape index (κ2) is 8.07. The maximum absolute atomic E-state index is 15.7. The van der Waals surface area contributed by atoms with Gasteiger partial charge in [-0.2, -0.15) is 0 Å². The first-order chi connectivity index (χ1) is 15.8. The molecule has 1 aromatic carbocycles. The van der Waals surface area contributed by atoms with E-state index in [0.717, 1.165) is 5.69 Å². The summed E-state index contributed by atoms with van der Waals surface area (Å²) >= 11 is 0. The number of aromatic hydroxyl groups is 1. The van der Waals surface area contributed by atoms with Crippen molar-refractivity contribution in [1.82, 2.24) is 24.6 Å². The summed E-state index contributed by atoms with van der Waals surface area (Å²) in [6, 6.07) is 8.82. The van der Waals surface area contributed by atoms with Crippen LogP contribution in [0, 0.1) is 0 Å². The molecule has 0 spiro atoms. The molecule has 8 nitrogen and oxygen atoms in total. The third-order valence-electron chi connectivity index (χ3n) is 7.63. The van der Waals surface area contributed by atoms with Gasteiger partial charge in [-0.05, 0) is 51.1 Å². The summed E-state index contributed by atoms with van der Waals surface area (Å²) in [6.07, 6.45) is 5.46. The molecule has 4 heterocycles. The molecule has 174 valence electrons. The molecule has 0 saturated carbocycles. The monoisotopic (exact) mass is 452 g/mol. The Hall–Kier alpha value is -3.04. The number of alkyl halides is 1. The lowest BCUT2D eigenvalue weighted by molar-refractivity contribution is -0.00735. The lowest BCUT2D eigenvalue weighted by atomic mass is 9.84. The molecule has 2 fully saturated rings. The van der Waals surface area contributed by atoms with Crippen molar-refractivity contribution in [3.63, 3.8) is 0 Å². The van der Waals surface area contributed by atoms with Crippen LogP contribution in [0.4, 0.5) is 10.2 Å². The number of methoxy groups -OCH3 is 1. The second-order valence-electron chi connectivity index (χ2n) is 9.28. The highest BCUT2D eigenvalue weighted by molar-refractivity contribution is 5.69. The molecule has 9 heteroatoms. The number of piperidine rings is 1. The summed E-state index contributed by atoms with van der Waals surface area (Å²) in [4.78, 5) is 8.06. The van der Waals surface area contributed by atoms with Crippen molar-refractivity contribution >= 4 is 5.82 Å². The van der Waals surface area contributed by atoms with Crippen molar-refractivity contribution in [2.24, 2.45) is 0 Å². The Labute approximate surface area is 192 Å². The number of fused-ring (bicyclic) bond motifs is 2. The zero-order chi connectivity index (χ0) is 23.3. The average molecular weight is 453 g/mol. The highest BCUT2D eigenvalue weighted by Crippen LogP contribution is 2.47. The van der Waals surface area contributed by atoms with Crippen LogP contribution in [0.2, 0.25) is 0 Å². The van der Waals surface area contributed by atoms with Crippen LogP contribution < -0.4 is 4.90 Å². The smallest absolute Gasteiger partial charge is 0.151 e. The maximum Gasteiger partial charge on any atom is 0.151 e. The van der Waals surface area contributed by atoms with Gasteiger partial charge in [0.15, 0.2) is 5.82 Å². The molecule has 2 saturated heterocycles. The van der Waals surface area contributed by atoms with Crippen molar-refractivity contribution in [3.8, 4) is 22.7 Å². The predicted molar refractivity (Wildman–Crippen MR) is 123 cm³/mol. The summed E-state index contributed by atoms with van der Waals surface area (Å²) < 4.78 is 23.2. The lowest BCUT2D eigenvalue weighted by Crippen LogP contribution is -2.62. The first-order valence-corrected chi connectivity index (χ1v) is 11.1. The summed E-state index contributed by atoms with van der Waals surface area (Å²) in [6.45, 7) is 1.98. The van der Waals surface area contributed by atoms with Crippen LogP contribution in [-0.2, 0) is 4.74 Å². The maximum atomic E-state index is 15.7. The molecule has 33 heavy (non-hydrogen) atoms. The van der Waals surface area contributed by atoms with Crippen molar-refractivity contribution in [1.29, 1.82) is 0 Å². The largest absolute Gasteiger partial charge is 0.507 e. The molecule has 3 aromatic rings. The van der Waals surface area contributed by atoms with E-state index in [1.807, 2.05) is 48.8 Å². The molecular weight excluding hydrogens is 423 g/mol. The Kier molecular flexibility index (Phi) is 5.33. The van der Waals surface area contributed by atoms with E-state index in [1.54, 1.807) is 37.8 Å². The van der Waals surface area contributed by atoms with Gasteiger partial charge in [-0.15, -0.1) is 10.2 Å². The number of ether oxygens (including phenoxy) is 1. The van der Waals surface area contributed by atoms with E-state index >= 15 is 4.39 Å². The molecule has 0 radical (unpaired) electrons. The van der Waals surface area contributed by atoms with E-state index < -0.39 is 11.7 Å². The molecule has 2 aliphatic heterocycles. The highest BCUT2D eigenvalue weighted by atomic mass is 19.1. The fraction of sp³-hybridized carbons (Fsp3) is 0.458. The third-order valence-corrected chi connectivity index (χ3v) is 7.63. The fourth-order valence-corrected chi connectivity index (χ4v) is 5.44. The summed E-state index contributed by atoms with van der Waals surface area (Å²) in [5.41, 5.74) is 1.36. The molecule has 1 N–H and O–H groups in total. The standard InChI is InChI=1S/C24H29FN6O2/c1-24-13-21(33-4)18(30(24)3)12-19(23(24)25)29(2)22-8-7-17(27-28-22)16-6-5-15(11-20(16)32)31-10-9-26-14-31/h5-11,14,18-19,21,23,32H,12-13H2,1-4H3/t18?,19-,21-,23+,24+/m1/s1. The zero-order valence-electron chi connectivity index (χ0n) is 19.3. The number of phenols is 1. The lowest BCUT2D eigenvalue weighted by Gasteiger charge is -2.48. The molecule has 5 atom stereocenters. The van der Waals surface area contributed by atoms with Crippen LogP contribution in [0.25, 0.3) is 16.9 Å². The molecule has 2 aliphatic rings. The van der Waals surface area contributed by atoms with Crippen molar-refractivity contribution in [3.05, 3.63) is 49.1 Å². The average Bonchev–Trinajstić information content (AvgIpc) is 3.42. The number of imidazole rings is 1. The van der Waals surface area contributed by atoms with Crippen LogP contribution in [-0.4, -0.2) is 80.9 Å². The molecule has 1 unspecified atom stereocenters. The summed E-state index contributed by atoms with van der Waals surface area (Å²) in [5, 5.41) is 19.2. The van der Waals surface area contributed by atoms with Crippen LogP contribution in [0.1, 0.15) is 19.8 Å². The van der Waals surface area contributed by atoms with E-state index in [0.29, 0.717) is 29.9 Å². The normalized spacial score (nSPS) is 29.4. The van der Waals surface area contributed by atoms with Gasteiger partial charge in [0.1, 0.15) is 11.9 Å². The molecule has 2 aromatic heterocycles. The van der Waals surface area contributed by atoms with Gasteiger partial charge in [-0.3, -0.25) is 4.90 Å². The summed E-state index contributed by atoms with van der Waals surface area (Å²) in [7, 11) is 5.57. The SMILES string of the molecule is CO[C@@H]1C[C@@]2(C)[C@@H](F)[C@H](N(C)c3ccc(-c4ccc(-n5ccnc5)cc4O)nn3)CC1N2C. The van der Waals surface area contributed by atoms with Gasteiger partial charge in [0.2, 0.25) is 0 Å². The first-order valence-electron chi connectivity index (χ1n) is 11.1. The Morgan fingerprint density at radius 1 is 1.24 bits per heavy atom. The second-order valence-corrected chi connectivity index (χ2v) is 9.28. The first kappa shape index (κ1) is 21.8. The minimum absolute atomic E-state index is 0.0263. The van der Waals surface area contributed by atoms with Gasteiger partial charge in [0.05, 0.1) is 35.4 Å². The van der Waals surface area contributed by atoms with Gasteiger partial charge in [-0.1, -0.05) is 0 Å². The number of rotatable bonds is 5. The minimum Gasteiger partial charge on any atom is -0.507 e. The Balaban J connectivity index is 1.37. The van der Waals surface area contributed by atoms with Gasteiger partial charge >= 0.3 is 0 Å². The Bertz CT molecular complexity index is 1120. The summed E-state index contributed by atoms with van der Waals surface area (Å²) in [5.74, 6) is 0.702. The number of likely N-dealkylation sites (N-methyl/N-ethyl adjacent to an activating group) is 1. The number of hydrogen-bond acceptors (Lipinski definition) is 7. The number of aromatic nitrogens is 4. The number of hydrogen-bond donors (Lipinski definition) is 1. The van der Waals surface area contributed by atoms with Crippen molar-refractivity contribution in [2.45, 2.75) is 49.7 Å². The van der Waals surface area contributed by atoms with Crippen molar-refractivity contribution < 1.29 is 14.2 Å². The molecule has 2 bridgehead atoms. The molecule has 5 rings (SSSR count). The van der Waals surface area contributed by atoms with E-state index in [-0.39, 0.29) is 23.9 Å². The zero-order valence-corrected chi connectivity index (χ0v) is 19.3. The fourth-order valence-electron chi connectivity index (χ4n) is 5.44. The Morgan fingerprint density at radius 3 is 2.70 bits per heavy atom. The minimum atomic E-state index is -1.05. The quantitative estimate of drug-likeness (QED) is 0.637.